The maximum Gasteiger partial charge on any atom is 0.250 e. The third-order valence-corrected chi connectivity index (χ3v) is 1.96. The van der Waals surface area contributed by atoms with Crippen LogP contribution in [0.5, 0.6) is 0 Å². The third kappa shape index (κ3) is 4.42. The van der Waals surface area contributed by atoms with Crippen molar-refractivity contribution >= 4 is 11.6 Å². The smallest absolute Gasteiger partial charge is 0.250 e. The van der Waals surface area contributed by atoms with E-state index in [1.807, 2.05) is 31.2 Å². The lowest BCUT2D eigenvalue weighted by atomic mass is 10.2. The average molecular weight is 223 g/mol. The molecule has 0 saturated carbocycles. The van der Waals surface area contributed by atoms with Gasteiger partial charge in [-0.15, -0.1) is 0 Å². The van der Waals surface area contributed by atoms with E-state index >= 15 is 0 Å². The first-order chi connectivity index (χ1) is 7.76. The summed E-state index contributed by atoms with van der Waals surface area (Å²) in [6.07, 6.45) is 0. The second-order valence-electron chi connectivity index (χ2n) is 3.32. The fourth-order valence-corrected chi connectivity index (χ4v) is 1.30. The summed E-state index contributed by atoms with van der Waals surface area (Å²) in [4.78, 5) is 11.4. The Balaban J connectivity index is 2.52. The van der Waals surface area contributed by atoms with E-state index in [0.29, 0.717) is 13.2 Å². The summed E-state index contributed by atoms with van der Waals surface area (Å²) in [5.74, 6) is -0.142. The van der Waals surface area contributed by atoms with Gasteiger partial charge >= 0.3 is 0 Å². The summed E-state index contributed by atoms with van der Waals surface area (Å²) in [6, 6.07) is 7.54. The van der Waals surface area contributed by atoms with Crippen molar-refractivity contribution in [2.24, 2.45) is 0 Å². The Morgan fingerprint density at radius 3 is 2.94 bits per heavy atom. The van der Waals surface area contributed by atoms with Gasteiger partial charge in [-0.2, -0.15) is 0 Å². The van der Waals surface area contributed by atoms with Gasteiger partial charge in [0.25, 0.3) is 0 Å². The number of rotatable bonds is 6. The molecule has 4 heteroatoms. The number of nitrogens with one attached hydrogen (secondary N) is 1. The van der Waals surface area contributed by atoms with Gasteiger partial charge in [0.05, 0.1) is 6.61 Å². The predicted molar refractivity (Wildman–Crippen MR) is 62.3 cm³/mol. The summed E-state index contributed by atoms with van der Waals surface area (Å²) in [7, 11) is 1.64. The molecule has 16 heavy (non-hydrogen) atoms. The lowest BCUT2D eigenvalue weighted by molar-refractivity contribution is -0.120. The fourth-order valence-electron chi connectivity index (χ4n) is 1.30. The minimum absolute atomic E-state index is 0.0883. The molecule has 0 unspecified atom stereocenters. The predicted octanol–water partition coefficient (Wildman–Crippen LogP) is 1.81. The van der Waals surface area contributed by atoms with E-state index in [0.717, 1.165) is 11.3 Å². The number of hydrogen-bond acceptors (Lipinski definition) is 3. The maximum atomic E-state index is 11.4. The van der Waals surface area contributed by atoms with Gasteiger partial charge < -0.3 is 14.8 Å². The Bertz CT molecular complexity index is 339. The van der Waals surface area contributed by atoms with Crippen molar-refractivity contribution in [3.63, 3.8) is 0 Å². The highest BCUT2D eigenvalue weighted by molar-refractivity contribution is 5.91. The van der Waals surface area contributed by atoms with Gasteiger partial charge in [0.2, 0.25) is 5.91 Å². The van der Waals surface area contributed by atoms with Crippen molar-refractivity contribution < 1.29 is 14.3 Å². The highest BCUT2D eigenvalue weighted by Crippen LogP contribution is 2.11. The first kappa shape index (κ1) is 12.7. The fraction of sp³-hybridized carbons (Fsp3) is 0.417. The number of benzene rings is 1. The van der Waals surface area contributed by atoms with Crippen LogP contribution >= 0.6 is 0 Å². The molecule has 1 rings (SSSR count). The van der Waals surface area contributed by atoms with Crippen LogP contribution < -0.4 is 5.32 Å². The van der Waals surface area contributed by atoms with E-state index in [4.69, 9.17) is 9.47 Å². The number of ether oxygens (including phenoxy) is 2. The standard InChI is InChI=1S/C12H17NO3/c1-3-16-9-12(14)13-11-6-4-5-10(7-11)8-15-2/h4-7H,3,8-9H2,1-2H3,(H,13,14). The van der Waals surface area contributed by atoms with Crippen molar-refractivity contribution in [3.05, 3.63) is 29.8 Å². The minimum atomic E-state index is -0.142. The Morgan fingerprint density at radius 1 is 1.44 bits per heavy atom. The van der Waals surface area contributed by atoms with Crippen LogP contribution in [-0.4, -0.2) is 26.2 Å². The van der Waals surface area contributed by atoms with E-state index in [1.165, 1.54) is 0 Å². The summed E-state index contributed by atoms with van der Waals surface area (Å²) in [6.45, 7) is 3.02. The van der Waals surface area contributed by atoms with Crippen molar-refractivity contribution in [1.82, 2.24) is 0 Å². The highest BCUT2D eigenvalue weighted by Gasteiger charge is 2.02. The van der Waals surface area contributed by atoms with E-state index in [-0.39, 0.29) is 12.5 Å². The zero-order chi connectivity index (χ0) is 11.8. The lowest BCUT2D eigenvalue weighted by Gasteiger charge is -2.07. The van der Waals surface area contributed by atoms with Crippen LogP contribution in [0.2, 0.25) is 0 Å². The molecule has 4 nitrogen and oxygen atoms in total. The number of anilines is 1. The van der Waals surface area contributed by atoms with Crippen LogP contribution in [0.25, 0.3) is 0 Å². The molecule has 0 aromatic heterocycles. The molecule has 1 N–H and O–H groups in total. The topological polar surface area (TPSA) is 47.6 Å². The molecular formula is C12H17NO3. The van der Waals surface area contributed by atoms with Crippen LogP contribution in [0.3, 0.4) is 0 Å². The molecule has 0 aliphatic rings. The molecule has 0 radical (unpaired) electrons. The maximum absolute atomic E-state index is 11.4. The molecule has 1 amide bonds. The second kappa shape index (κ2) is 6.98. The van der Waals surface area contributed by atoms with Crippen LogP contribution in [-0.2, 0) is 20.9 Å². The van der Waals surface area contributed by atoms with Gasteiger partial charge in [0.1, 0.15) is 6.61 Å². The lowest BCUT2D eigenvalue weighted by Crippen LogP contribution is -2.18. The largest absolute Gasteiger partial charge is 0.380 e. The van der Waals surface area contributed by atoms with Gasteiger partial charge in [0, 0.05) is 19.4 Å². The quantitative estimate of drug-likeness (QED) is 0.800. The monoisotopic (exact) mass is 223 g/mol. The molecule has 0 fully saturated rings. The van der Waals surface area contributed by atoms with Crippen molar-refractivity contribution in [2.45, 2.75) is 13.5 Å². The van der Waals surface area contributed by atoms with Gasteiger partial charge in [-0.25, -0.2) is 0 Å². The summed E-state index contributed by atoms with van der Waals surface area (Å²) >= 11 is 0. The third-order valence-electron chi connectivity index (χ3n) is 1.96. The number of hydrogen-bond donors (Lipinski definition) is 1. The molecular weight excluding hydrogens is 206 g/mol. The molecule has 0 aliphatic heterocycles. The van der Waals surface area contributed by atoms with Crippen LogP contribution in [0.15, 0.2) is 24.3 Å². The summed E-state index contributed by atoms with van der Waals surface area (Å²) < 4.78 is 10.0. The number of carbonyl (C=O) groups is 1. The van der Waals surface area contributed by atoms with Crippen molar-refractivity contribution in [3.8, 4) is 0 Å². The molecule has 0 saturated heterocycles. The van der Waals surface area contributed by atoms with Crippen molar-refractivity contribution in [2.75, 3.05) is 25.6 Å². The molecule has 0 aliphatic carbocycles. The first-order valence-electron chi connectivity index (χ1n) is 5.21. The van der Waals surface area contributed by atoms with Crippen LogP contribution in [0, 0.1) is 0 Å². The molecule has 0 bridgehead atoms. The normalized spacial score (nSPS) is 10.1. The number of amides is 1. The zero-order valence-electron chi connectivity index (χ0n) is 9.66. The summed E-state index contributed by atoms with van der Waals surface area (Å²) in [5, 5.41) is 2.76. The average Bonchev–Trinajstić information content (AvgIpc) is 2.27. The second-order valence-corrected chi connectivity index (χ2v) is 3.32. The van der Waals surface area contributed by atoms with E-state index < -0.39 is 0 Å². The van der Waals surface area contributed by atoms with Crippen molar-refractivity contribution in [1.29, 1.82) is 0 Å². The Morgan fingerprint density at radius 2 is 2.25 bits per heavy atom. The van der Waals surface area contributed by atoms with E-state index in [2.05, 4.69) is 5.32 Å². The number of carbonyl (C=O) groups excluding carboxylic acids is 1. The molecule has 0 atom stereocenters. The first-order valence-corrected chi connectivity index (χ1v) is 5.21. The summed E-state index contributed by atoms with van der Waals surface area (Å²) in [5.41, 5.74) is 1.79. The minimum Gasteiger partial charge on any atom is -0.380 e. The van der Waals surface area contributed by atoms with E-state index in [1.54, 1.807) is 7.11 Å². The molecule has 88 valence electrons. The van der Waals surface area contributed by atoms with Gasteiger partial charge in [-0.3, -0.25) is 4.79 Å². The number of methoxy groups -OCH3 is 1. The Kier molecular flexibility index (Phi) is 5.53. The van der Waals surface area contributed by atoms with Gasteiger partial charge in [-0.05, 0) is 24.6 Å². The SMILES string of the molecule is CCOCC(=O)Nc1cccc(COC)c1. The molecule has 0 spiro atoms. The van der Waals surface area contributed by atoms with Gasteiger partial charge in [0.15, 0.2) is 0 Å². The molecule has 1 aromatic rings. The van der Waals surface area contributed by atoms with E-state index in [9.17, 15) is 4.79 Å². The zero-order valence-corrected chi connectivity index (χ0v) is 9.66. The molecule has 1 aromatic carbocycles. The van der Waals surface area contributed by atoms with Gasteiger partial charge in [-0.1, -0.05) is 12.1 Å². The van der Waals surface area contributed by atoms with Crippen LogP contribution in [0.1, 0.15) is 12.5 Å². The Labute approximate surface area is 95.6 Å². The molecule has 0 heterocycles. The Hall–Kier alpha value is -1.39. The highest BCUT2D eigenvalue weighted by atomic mass is 16.5. The van der Waals surface area contributed by atoms with Crippen LogP contribution in [0.4, 0.5) is 5.69 Å².